The molecule has 0 aliphatic rings. The van der Waals surface area contributed by atoms with Crippen molar-refractivity contribution in [2.24, 2.45) is 0 Å². The first kappa shape index (κ1) is 21.4. The molecule has 2 aromatic carbocycles. The van der Waals surface area contributed by atoms with Crippen LogP contribution in [0.15, 0.2) is 48.5 Å². The fraction of sp³-hybridized carbons (Fsp3) is 0.316. The highest BCUT2D eigenvalue weighted by molar-refractivity contribution is 7.92. The molecule has 0 saturated heterocycles. The van der Waals surface area contributed by atoms with E-state index in [9.17, 15) is 23.3 Å². The van der Waals surface area contributed by atoms with Crippen molar-refractivity contribution in [3.8, 4) is 0 Å². The minimum Gasteiger partial charge on any atom is -0.348 e. The van der Waals surface area contributed by atoms with Crippen LogP contribution in [0.2, 0.25) is 0 Å². The van der Waals surface area contributed by atoms with E-state index in [1.54, 1.807) is 6.92 Å². The van der Waals surface area contributed by atoms with E-state index in [4.69, 9.17) is 0 Å². The van der Waals surface area contributed by atoms with Crippen LogP contribution in [0.3, 0.4) is 0 Å². The number of benzene rings is 2. The van der Waals surface area contributed by atoms with E-state index >= 15 is 0 Å². The van der Waals surface area contributed by atoms with Crippen molar-refractivity contribution in [3.05, 3.63) is 69.8 Å². The van der Waals surface area contributed by atoms with Crippen molar-refractivity contribution in [3.63, 3.8) is 0 Å². The zero-order valence-corrected chi connectivity index (χ0v) is 16.9. The van der Waals surface area contributed by atoms with Crippen molar-refractivity contribution in [1.82, 2.24) is 5.32 Å². The molecule has 0 aliphatic heterocycles. The Kier molecular flexibility index (Phi) is 6.40. The fourth-order valence-corrected chi connectivity index (χ4v) is 3.99. The van der Waals surface area contributed by atoms with Gasteiger partial charge >= 0.3 is 0 Å². The van der Waals surface area contributed by atoms with Crippen molar-refractivity contribution < 1.29 is 18.1 Å². The van der Waals surface area contributed by atoms with E-state index < -0.39 is 26.9 Å². The van der Waals surface area contributed by atoms with Crippen molar-refractivity contribution in [2.45, 2.75) is 32.9 Å². The van der Waals surface area contributed by atoms with E-state index in [1.165, 1.54) is 25.1 Å². The molecule has 9 heteroatoms. The van der Waals surface area contributed by atoms with E-state index in [-0.39, 0.29) is 17.4 Å². The number of sulfonamides is 1. The lowest BCUT2D eigenvalue weighted by Gasteiger charge is -2.29. The van der Waals surface area contributed by atoms with Gasteiger partial charge in [-0.3, -0.25) is 19.2 Å². The first-order chi connectivity index (χ1) is 13.0. The summed E-state index contributed by atoms with van der Waals surface area (Å²) in [6.07, 6.45) is 0.957. The van der Waals surface area contributed by atoms with Gasteiger partial charge in [-0.2, -0.15) is 0 Å². The van der Waals surface area contributed by atoms with Gasteiger partial charge in [0.1, 0.15) is 6.04 Å². The van der Waals surface area contributed by atoms with Gasteiger partial charge in [0.05, 0.1) is 22.9 Å². The zero-order chi connectivity index (χ0) is 21.1. The zero-order valence-electron chi connectivity index (χ0n) is 16.1. The molecule has 2 atom stereocenters. The minimum absolute atomic E-state index is 0.0577. The van der Waals surface area contributed by atoms with Crippen molar-refractivity contribution in [2.75, 3.05) is 10.6 Å². The highest BCUT2D eigenvalue weighted by Gasteiger charge is 2.30. The Labute approximate surface area is 164 Å². The molecule has 0 heterocycles. The summed E-state index contributed by atoms with van der Waals surface area (Å²) in [4.78, 5) is 23.1. The summed E-state index contributed by atoms with van der Waals surface area (Å²) in [5.74, 6) is -0.509. The van der Waals surface area contributed by atoms with Crippen LogP contribution < -0.4 is 9.62 Å². The van der Waals surface area contributed by atoms with Crippen molar-refractivity contribution in [1.29, 1.82) is 0 Å². The first-order valence-electron chi connectivity index (χ1n) is 8.61. The number of nitro benzene ring substituents is 1. The molecule has 1 amide bonds. The monoisotopic (exact) mass is 405 g/mol. The SMILES string of the molecule is Cc1ccc(C(C)NC(=O)C(C)N(c2cccc([N+](=O)[O-])c2)S(C)(=O)=O)cc1. The molecule has 0 aromatic heterocycles. The van der Waals surface area contributed by atoms with Gasteiger partial charge in [-0.15, -0.1) is 0 Å². The summed E-state index contributed by atoms with van der Waals surface area (Å²) in [5, 5.41) is 13.8. The maximum absolute atomic E-state index is 12.7. The maximum Gasteiger partial charge on any atom is 0.271 e. The Balaban J connectivity index is 2.29. The van der Waals surface area contributed by atoms with Gasteiger partial charge in [0, 0.05) is 12.1 Å². The van der Waals surface area contributed by atoms with Crippen LogP contribution >= 0.6 is 0 Å². The Morgan fingerprint density at radius 2 is 1.75 bits per heavy atom. The summed E-state index contributed by atoms with van der Waals surface area (Å²) in [6, 6.07) is 11.4. The molecule has 2 unspecified atom stereocenters. The third-order valence-electron chi connectivity index (χ3n) is 4.32. The lowest BCUT2D eigenvalue weighted by molar-refractivity contribution is -0.384. The molecule has 28 heavy (non-hydrogen) atoms. The summed E-state index contributed by atoms with van der Waals surface area (Å²) in [7, 11) is -3.86. The highest BCUT2D eigenvalue weighted by Crippen LogP contribution is 2.25. The van der Waals surface area contributed by atoms with Gasteiger partial charge in [0.25, 0.3) is 5.69 Å². The maximum atomic E-state index is 12.7. The molecule has 0 saturated carbocycles. The summed E-state index contributed by atoms with van der Waals surface area (Å²) < 4.78 is 25.5. The number of amides is 1. The number of carbonyl (C=O) groups excluding carboxylic acids is 1. The molecule has 2 rings (SSSR count). The number of nitro groups is 1. The molecule has 2 aromatic rings. The smallest absolute Gasteiger partial charge is 0.271 e. The van der Waals surface area contributed by atoms with Gasteiger partial charge in [0.15, 0.2) is 0 Å². The predicted molar refractivity (Wildman–Crippen MR) is 108 cm³/mol. The third kappa shape index (κ3) is 5.07. The first-order valence-corrected chi connectivity index (χ1v) is 10.5. The number of non-ortho nitro benzene ring substituents is 1. The summed E-state index contributed by atoms with van der Waals surface area (Å²) >= 11 is 0. The summed E-state index contributed by atoms with van der Waals surface area (Å²) in [6.45, 7) is 5.20. The molecule has 150 valence electrons. The number of aryl methyl sites for hydroxylation is 1. The molecule has 0 spiro atoms. The topological polar surface area (TPSA) is 110 Å². The van der Waals surface area contributed by atoms with Gasteiger partial charge in [-0.05, 0) is 32.4 Å². The normalized spacial score (nSPS) is 13.4. The summed E-state index contributed by atoms with van der Waals surface area (Å²) in [5.41, 5.74) is 1.77. The van der Waals surface area contributed by atoms with Crippen LogP contribution in [0.4, 0.5) is 11.4 Å². The Morgan fingerprint density at radius 3 is 2.29 bits per heavy atom. The Bertz CT molecular complexity index is 973. The quantitative estimate of drug-likeness (QED) is 0.563. The number of rotatable bonds is 7. The van der Waals surface area contributed by atoms with Gasteiger partial charge < -0.3 is 5.32 Å². The average Bonchev–Trinajstić information content (AvgIpc) is 2.61. The number of hydrogen-bond donors (Lipinski definition) is 1. The second kappa shape index (κ2) is 8.39. The molecule has 1 N–H and O–H groups in total. The Hall–Kier alpha value is -2.94. The number of nitrogens with zero attached hydrogens (tertiary/aromatic N) is 2. The van der Waals surface area contributed by atoms with Crippen LogP contribution in [-0.4, -0.2) is 31.5 Å². The van der Waals surface area contributed by atoms with E-state index in [0.717, 1.165) is 27.8 Å². The van der Waals surface area contributed by atoms with Crippen LogP contribution in [0, 0.1) is 17.0 Å². The molecule has 0 fully saturated rings. The number of hydrogen-bond acceptors (Lipinski definition) is 5. The predicted octanol–water partition coefficient (Wildman–Crippen LogP) is 2.94. The van der Waals surface area contributed by atoms with Gasteiger partial charge in [0.2, 0.25) is 15.9 Å². The number of carbonyl (C=O) groups is 1. The minimum atomic E-state index is -3.86. The number of nitrogens with one attached hydrogen (secondary N) is 1. The molecule has 0 aliphatic carbocycles. The third-order valence-corrected chi connectivity index (χ3v) is 5.56. The van der Waals surface area contributed by atoms with E-state index in [1.807, 2.05) is 31.2 Å². The van der Waals surface area contributed by atoms with E-state index in [0.29, 0.717) is 0 Å². The molecular weight excluding hydrogens is 382 g/mol. The van der Waals surface area contributed by atoms with Gasteiger partial charge in [-0.1, -0.05) is 35.9 Å². The van der Waals surface area contributed by atoms with Crippen LogP contribution in [0.5, 0.6) is 0 Å². The van der Waals surface area contributed by atoms with Crippen LogP contribution in [0.1, 0.15) is 31.0 Å². The van der Waals surface area contributed by atoms with E-state index in [2.05, 4.69) is 5.32 Å². The van der Waals surface area contributed by atoms with Crippen LogP contribution in [-0.2, 0) is 14.8 Å². The molecule has 0 radical (unpaired) electrons. The number of anilines is 1. The van der Waals surface area contributed by atoms with Crippen LogP contribution in [0.25, 0.3) is 0 Å². The van der Waals surface area contributed by atoms with Crippen molar-refractivity contribution >= 4 is 27.3 Å². The standard InChI is InChI=1S/C19H23N3O5S/c1-13-8-10-16(11-9-13)14(2)20-19(23)15(3)21(28(4,26)27)17-6-5-7-18(12-17)22(24)25/h5-12,14-15H,1-4H3,(H,20,23). The average molecular weight is 405 g/mol. The molecule has 0 bridgehead atoms. The van der Waals surface area contributed by atoms with Gasteiger partial charge in [-0.25, -0.2) is 8.42 Å². The fourth-order valence-electron chi connectivity index (χ4n) is 2.82. The molecule has 8 nitrogen and oxygen atoms in total. The lowest BCUT2D eigenvalue weighted by Crippen LogP contribution is -2.48. The largest absolute Gasteiger partial charge is 0.348 e. The second-order valence-electron chi connectivity index (χ2n) is 6.65. The highest BCUT2D eigenvalue weighted by atomic mass is 32.2. The lowest BCUT2D eigenvalue weighted by atomic mass is 10.1. The Morgan fingerprint density at radius 1 is 1.14 bits per heavy atom. The second-order valence-corrected chi connectivity index (χ2v) is 8.51. The molecular formula is C19H23N3O5S.